The zero-order chi connectivity index (χ0) is 18.8. The third-order valence-corrected chi connectivity index (χ3v) is 5.07. The number of carbonyl (C=O) groups is 1. The van der Waals surface area contributed by atoms with Gasteiger partial charge in [-0.25, -0.2) is 4.79 Å². The molecule has 0 atom stereocenters. The van der Waals surface area contributed by atoms with Crippen molar-refractivity contribution in [2.24, 2.45) is 4.99 Å². The lowest BCUT2D eigenvalue weighted by Crippen LogP contribution is -2.49. The average Bonchev–Trinajstić information content (AvgIpc) is 2.66. The number of halogens is 1. The van der Waals surface area contributed by atoms with Crippen molar-refractivity contribution in [3.05, 3.63) is 0 Å². The molecule has 0 aromatic rings. The zero-order valence-corrected chi connectivity index (χ0v) is 19.0. The lowest BCUT2D eigenvalue weighted by Gasteiger charge is -2.32. The van der Waals surface area contributed by atoms with Crippen LogP contribution >= 0.6 is 24.0 Å². The first-order valence-electron chi connectivity index (χ1n) is 9.90. The van der Waals surface area contributed by atoms with Crippen molar-refractivity contribution in [3.8, 4) is 0 Å². The Kier molecular flexibility index (Phi) is 12.0. The van der Waals surface area contributed by atoms with Gasteiger partial charge in [0.25, 0.3) is 0 Å². The number of ether oxygens (including phenoxy) is 1. The van der Waals surface area contributed by atoms with Gasteiger partial charge in [-0.1, -0.05) is 0 Å². The Bertz CT molecular complexity index is 450. The summed E-state index contributed by atoms with van der Waals surface area (Å²) in [6.45, 7) is 8.12. The fourth-order valence-electron chi connectivity index (χ4n) is 3.48. The molecule has 27 heavy (non-hydrogen) atoms. The van der Waals surface area contributed by atoms with Gasteiger partial charge >= 0.3 is 6.09 Å². The second kappa shape index (κ2) is 13.4. The van der Waals surface area contributed by atoms with Gasteiger partial charge in [-0.3, -0.25) is 4.99 Å². The van der Waals surface area contributed by atoms with Gasteiger partial charge < -0.3 is 30.3 Å². The second-order valence-electron chi connectivity index (χ2n) is 7.06. The highest BCUT2D eigenvalue weighted by Crippen LogP contribution is 2.11. The summed E-state index contributed by atoms with van der Waals surface area (Å²) >= 11 is 0. The highest BCUT2D eigenvalue weighted by molar-refractivity contribution is 14.0. The number of aliphatic hydroxyl groups is 1. The predicted octanol–water partition coefficient (Wildman–Crippen LogP) is 1.24. The Morgan fingerprint density at radius 1 is 1.19 bits per heavy atom. The van der Waals surface area contributed by atoms with E-state index in [9.17, 15) is 9.90 Å². The Balaban J connectivity index is 0.00000364. The molecule has 2 heterocycles. The summed E-state index contributed by atoms with van der Waals surface area (Å²) < 4.78 is 4.78. The number of aliphatic imine (C=N–C) groups is 1. The first-order valence-corrected chi connectivity index (χ1v) is 9.90. The first-order chi connectivity index (χ1) is 12.6. The number of rotatable bonds is 6. The SMILES string of the molecule is CCNC(=NCCCN1CCC(O)CC1)NC1CCN(C(=O)OC)CC1.I. The fourth-order valence-corrected chi connectivity index (χ4v) is 3.48. The lowest BCUT2D eigenvalue weighted by atomic mass is 10.1. The molecular formula is C18H36IN5O3. The van der Waals surface area contributed by atoms with E-state index in [0.717, 1.165) is 70.8 Å². The smallest absolute Gasteiger partial charge is 0.409 e. The molecule has 2 saturated heterocycles. The molecule has 9 heteroatoms. The molecule has 0 aliphatic carbocycles. The van der Waals surface area contributed by atoms with Gasteiger partial charge in [0.2, 0.25) is 0 Å². The first kappa shape index (κ1) is 24.2. The highest BCUT2D eigenvalue weighted by Gasteiger charge is 2.23. The summed E-state index contributed by atoms with van der Waals surface area (Å²) in [5.41, 5.74) is 0. The number of carbonyl (C=O) groups excluding carboxylic acids is 1. The van der Waals surface area contributed by atoms with Crippen LogP contribution in [0.3, 0.4) is 0 Å². The molecule has 2 rings (SSSR count). The number of likely N-dealkylation sites (tertiary alicyclic amines) is 2. The van der Waals surface area contributed by atoms with Crippen LogP contribution in [0.1, 0.15) is 39.0 Å². The van der Waals surface area contributed by atoms with Crippen molar-refractivity contribution in [2.45, 2.75) is 51.2 Å². The third kappa shape index (κ3) is 8.82. The van der Waals surface area contributed by atoms with E-state index in [-0.39, 0.29) is 36.2 Å². The van der Waals surface area contributed by atoms with Crippen molar-refractivity contribution >= 4 is 36.0 Å². The van der Waals surface area contributed by atoms with Gasteiger partial charge in [-0.15, -0.1) is 24.0 Å². The van der Waals surface area contributed by atoms with Gasteiger partial charge in [-0.05, 0) is 45.6 Å². The van der Waals surface area contributed by atoms with Crippen molar-refractivity contribution in [3.63, 3.8) is 0 Å². The van der Waals surface area contributed by atoms with E-state index in [4.69, 9.17) is 9.73 Å². The average molecular weight is 497 g/mol. The molecule has 0 spiro atoms. The van der Waals surface area contributed by atoms with E-state index in [1.54, 1.807) is 4.90 Å². The molecule has 2 aliphatic rings. The Morgan fingerprint density at radius 3 is 2.44 bits per heavy atom. The number of methoxy groups -OCH3 is 1. The van der Waals surface area contributed by atoms with Crippen LogP contribution in [0.25, 0.3) is 0 Å². The maximum absolute atomic E-state index is 11.6. The molecule has 0 bridgehead atoms. The quantitative estimate of drug-likeness (QED) is 0.222. The monoisotopic (exact) mass is 497 g/mol. The number of hydrogen-bond acceptors (Lipinski definition) is 5. The predicted molar refractivity (Wildman–Crippen MR) is 118 cm³/mol. The molecule has 158 valence electrons. The molecular weight excluding hydrogens is 461 g/mol. The van der Waals surface area contributed by atoms with Crippen LogP contribution in [0.2, 0.25) is 0 Å². The minimum Gasteiger partial charge on any atom is -0.453 e. The molecule has 0 aromatic carbocycles. The molecule has 0 radical (unpaired) electrons. The van der Waals surface area contributed by atoms with Crippen molar-refractivity contribution in [1.29, 1.82) is 0 Å². The minimum atomic E-state index is -0.241. The van der Waals surface area contributed by atoms with Crippen LogP contribution in [0.4, 0.5) is 4.79 Å². The van der Waals surface area contributed by atoms with E-state index < -0.39 is 0 Å². The summed E-state index contributed by atoms with van der Waals surface area (Å²) in [4.78, 5) is 20.4. The number of hydrogen-bond donors (Lipinski definition) is 3. The Morgan fingerprint density at radius 2 is 1.85 bits per heavy atom. The molecule has 0 aromatic heterocycles. The van der Waals surface area contributed by atoms with Gasteiger partial charge in [-0.2, -0.15) is 0 Å². The normalized spacial score (nSPS) is 20.1. The Hall–Kier alpha value is -0.810. The molecule has 8 nitrogen and oxygen atoms in total. The van der Waals surface area contributed by atoms with Crippen LogP contribution in [0.15, 0.2) is 4.99 Å². The standard InChI is InChI=1S/C18H35N5O3.HI/c1-3-19-17(20-9-4-10-22-11-7-16(24)8-12-22)21-15-5-13-23(14-6-15)18(25)26-2;/h15-16,24H,3-14H2,1-2H3,(H2,19,20,21);1H. The number of nitrogens with one attached hydrogen (secondary N) is 2. The second-order valence-corrected chi connectivity index (χ2v) is 7.06. The third-order valence-electron chi connectivity index (χ3n) is 5.07. The minimum absolute atomic E-state index is 0. The van der Waals surface area contributed by atoms with E-state index in [2.05, 4.69) is 22.5 Å². The van der Waals surface area contributed by atoms with Crippen LogP contribution < -0.4 is 10.6 Å². The van der Waals surface area contributed by atoms with Crippen molar-refractivity contribution in [1.82, 2.24) is 20.4 Å². The number of amides is 1. The summed E-state index contributed by atoms with van der Waals surface area (Å²) in [7, 11) is 1.43. The topological polar surface area (TPSA) is 89.4 Å². The van der Waals surface area contributed by atoms with E-state index in [0.29, 0.717) is 19.1 Å². The number of aliphatic hydroxyl groups excluding tert-OH is 1. The largest absolute Gasteiger partial charge is 0.453 e. The molecule has 2 aliphatic heterocycles. The maximum Gasteiger partial charge on any atom is 0.409 e. The fraction of sp³-hybridized carbons (Fsp3) is 0.889. The van der Waals surface area contributed by atoms with Crippen LogP contribution in [-0.2, 0) is 4.74 Å². The van der Waals surface area contributed by atoms with Crippen LogP contribution in [0, 0.1) is 0 Å². The summed E-state index contributed by atoms with van der Waals surface area (Å²) in [6, 6.07) is 0.331. The molecule has 1 amide bonds. The van der Waals surface area contributed by atoms with Gasteiger partial charge in [0.1, 0.15) is 0 Å². The summed E-state index contributed by atoms with van der Waals surface area (Å²) in [5, 5.41) is 16.4. The highest BCUT2D eigenvalue weighted by atomic mass is 127. The van der Waals surface area contributed by atoms with Gasteiger partial charge in [0.05, 0.1) is 13.2 Å². The molecule has 0 saturated carbocycles. The summed E-state index contributed by atoms with van der Waals surface area (Å²) in [5.74, 6) is 0.859. The molecule has 3 N–H and O–H groups in total. The number of piperidine rings is 2. The maximum atomic E-state index is 11.6. The van der Waals surface area contributed by atoms with Crippen molar-refractivity contribution in [2.75, 3.05) is 52.9 Å². The van der Waals surface area contributed by atoms with E-state index in [1.807, 2.05) is 0 Å². The van der Waals surface area contributed by atoms with Crippen molar-refractivity contribution < 1.29 is 14.6 Å². The summed E-state index contributed by atoms with van der Waals surface area (Å²) in [6.07, 6.45) is 4.24. The molecule has 0 unspecified atom stereocenters. The number of nitrogens with zero attached hydrogens (tertiary/aromatic N) is 3. The van der Waals surface area contributed by atoms with Crippen LogP contribution in [0.5, 0.6) is 0 Å². The van der Waals surface area contributed by atoms with Gasteiger partial charge in [0.15, 0.2) is 5.96 Å². The van der Waals surface area contributed by atoms with Gasteiger partial charge in [0, 0.05) is 45.3 Å². The van der Waals surface area contributed by atoms with E-state index in [1.165, 1.54) is 7.11 Å². The number of guanidine groups is 1. The Labute approximate surface area is 180 Å². The zero-order valence-electron chi connectivity index (χ0n) is 16.7. The van der Waals surface area contributed by atoms with Crippen LogP contribution in [-0.4, -0.2) is 92.0 Å². The lowest BCUT2D eigenvalue weighted by molar-refractivity contribution is 0.0824. The molecule has 2 fully saturated rings. The van der Waals surface area contributed by atoms with E-state index >= 15 is 0 Å².